The molecule has 3 N–H and O–H groups in total. The summed E-state index contributed by atoms with van der Waals surface area (Å²) in [6.45, 7) is 9.31. The number of aromatic nitrogens is 1. The van der Waals surface area contributed by atoms with Crippen molar-refractivity contribution in [1.82, 2.24) is 15.6 Å². The molecule has 0 spiro atoms. The van der Waals surface area contributed by atoms with Crippen LogP contribution in [0, 0.1) is 6.92 Å². The molecule has 1 aromatic heterocycles. The number of piperidine rings is 1. The van der Waals surface area contributed by atoms with Gasteiger partial charge in [-0.05, 0) is 51.3 Å². The number of benzene rings is 1. The number of nitrogens with zero attached hydrogens (tertiary/aromatic N) is 3. The number of aliphatic imine (C=N–C) groups is 1. The Labute approximate surface area is 215 Å². The van der Waals surface area contributed by atoms with Gasteiger partial charge >= 0.3 is 0 Å². The first-order valence-electron chi connectivity index (χ1n) is 11.6. The van der Waals surface area contributed by atoms with Crippen molar-refractivity contribution in [1.29, 1.82) is 0 Å². The van der Waals surface area contributed by atoms with Gasteiger partial charge in [-0.1, -0.05) is 36.4 Å². The second-order valence-electron chi connectivity index (χ2n) is 8.30. The van der Waals surface area contributed by atoms with Gasteiger partial charge in [0.1, 0.15) is 5.82 Å². The first-order valence-corrected chi connectivity index (χ1v) is 11.6. The van der Waals surface area contributed by atoms with Crippen LogP contribution in [0.4, 0.5) is 5.82 Å². The molecule has 2 aromatic rings. The predicted molar refractivity (Wildman–Crippen MR) is 146 cm³/mol. The van der Waals surface area contributed by atoms with E-state index < -0.39 is 6.10 Å². The SMILES string of the molecule is CCNC(=NCC(O)COC(C)c1ccccc1)NC1CCN(c2cccc(C)n2)CC1.I. The van der Waals surface area contributed by atoms with Crippen LogP contribution in [0.5, 0.6) is 0 Å². The van der Waals surface area contributed by atoms with Gasteiger partial charge in [0.15, 0.2) is 5.96 Å². The van der Waals surface area contributed by atoms with Crippen LogP contribution in [-0.4, -0.2) is 61.0 Å². The van der Waals surface area contributed by atoms with E-state index in [2.05, 4.69) is 37.6 Å². The van der Waals surface area contributed by atoms with Gasteiger partial charge in [0.05, 0.1) is 25.4 Å². The number of aliphatic hydroxyl groups is 1. The van der Waals surface area contributed by atoms with Crippen LogP contribution in [0.15, 0.2) is 53.5 Å². The fourth-order valence-corrected chi connectivity index (χ4v) is 3.80. The lowest BCUT2D eigenvalue weighted by molar-refractivity contribution is 0.00111. The molecule has 1 saturated heterocycles. The molecule has 2 atom stereocenters. The van der Waals surface area contributed by atoms with Crippen molar-refractivity contribution in [2.45, 2.75) is 51.9 Å². The van der Waals surface area contributed by atoms with E-state index in [4.69, 9.17) is 4.74 Å². The molecule has 1 aliphatic rings. The monoisotopic (exact) mass is 567 g/mol. The third-order valence-electron chi connectivity index (χ3n) is 5.65. The number of pyridine rings is 1. The zero-order chi connectivity index (χ0) is 22.8. The van der Waals surface area contributed by atoms with Crippen molar-refractivity contribution >= 4 is 35.8 Å². The summed E-state index contributed by atoms with van der Waals surface area (Å²) in [6.07, 6.45) is 1.32. The second-order valence-corrected chi connectivity index (χ2v) is 8.30. The van der Waals surface area contributed by atoms with Gasteiger partial charge in [-0.25, -0.2) is 4.98 Å². The van der Waals surface area contributed by atoms with E-state index in [9.17, 15) is 5.11 Å². The minimum absolute atomic E-state index is 0. The molecule has 2 unspecified atom stereocenters. The lowest BCUT2D eigenvalue weighted by Crippen LogP contribution is -2.49. The lowest BCUT2D eigenvalue weighted by Gasteiger charge is -2.34. The molecule has 0 amide bonds. The molecule has 1 fully saturated rings. The van der Waals surface area contributed by atoms with E-state index in [0.29, 0.717) is 12.6 Å². The second kappa shape index (κ2) is 14.4. The van der Waals surface area contributed by atoms with E-state index in [1.165, 1.54) is 0 Å². The lowest BCUT2D eigenvalue weighted by atomic mass is 10.1. The quantitative estimate of drug-likeness (QED) is 0.244. The van der Waals surface area contributed by atoms with E-state index in [0.717, 1.165) is 55.5 Å². The fourth-order valence-electron chi connectivity index (χ4n) is 3.80. The summed E-state index contributed by atoms with van der Waals surface area (Å²) in [6, 6.07) is 16.5. The van der Waals surface area contributed by atoms with Crippen LogP contribution >= 0.6 is 24.0 Å². The summed E-state index contributed by atoms with van der Waals surface area (Å²) >= 11 is 0. The summed E-state index contributed by atoms with van der Waals surface area (Å²) in [4.78, 5) is 11.6. The summed E-state index contributed by atoms with van der Waals surface area (Å²) in [7, 11) is 0. The Balaban J connectivity index is 0.00000385. The Morgan fingerprint density at radius 2 is 1.91 bits per heavy atom. The largest absolute Gasteiger partial charge is 0.389 e. The average molecular weight is 568 g/mol. The van der Waals surface area contributed by atoms with E-state index in [1.807, 2.05) is 57.2 Å². The number of nitrogens with one attached hydrogen (secondary N) is 2. The Bertz CT molecular complexity index is 844. The average Bonchev–Trinajstić information content (AvgIpc) is 2.82. The number of aryl methyl sites for hydroxylation is 1. The highest BCUT2D eigenvalue weighted by Crippen LogP contribution is 2.18. The van der Waals surface area contributed by atoms with Crippen molar-refractivity contribution in [3.63, 3.8) is 0 Å². The number of ether oxygens (including phenoxy) is 1. The maximum atomic E-state index is 10.3. The summed E-state index contributed by atoms with van der Waals surface area (Å²) < 4.78 is 5.82. The minimum Gasteiger partial charge on any atom is -0.389 e. The minimum atomic E-state index is -0.647. The molecule has 2 heterocycles. The number of hydrogen-bond acceptors (Lipinski definition) is 5. The molecule has 0 saturated carbocycles. The van der Waals surface area contributed by atoms with Crippen molar-refractivity contribution in [2.75, 3.05) is 37.7 Å². The molecular formula is C25H38IN5O2. The Morgan fingerprint density at radius 3 is 2.58 bits per heavy atom. The first kappa shape index (κ1) is 27.3. The van der Waals surface area contributed by atoms with Crippen molar-refractivity contribution in [2.24, 2.45) is 4.99 Å². The molecule has 0 bridgehead atoms. The number of halogens is 1. The van der Waals surface area contributed by atoms with Crippen LogP contribution in [0.25, 0.3) is 0 Å². The summed E-state index contributed by atoms with van der Waals surface area (Å²) in [5, 5.41) is 17.2. The first-order chi connectivity index (χ1) is 15.5. The van der Waals surface area contributed by atoms with Crippen LogP contribution in [-0.2, 0) is 4.74 Å². The van der Waals surface area contributed by atoms with Gasteiger partial charge in [0, 0.05) is 31.4 Å². The third kappa shape index (κ3) is 9.10. The number of rotatable bonds is 9. The van der Waals surface area contributed by atoms with Crippen molar-refractivity contribution in [3.8, 4) is 0 Å². The number of hydrogen-bond donors (Lipinski definition) is 3. The van der Waals surface area contributed by atoms with Crippen LogP contribution in [0.2, 0.25) is 0 Å². The molecule has 0 aliphatic carbocycles. The van der Waals surface area contributed by atoms with Crippen LogP contribution in [0.3, 0.4) is 0 Å². The highest BCUT2D eigenvalue weighted by Gasteiger charge is 2.21. The molecule has 182 valence electrons. The number of aliphatic hydroxyl groups excluding tert-OH is 1. The van der Waals surface area contributed by atoms with E-state index in [-0.39, 0.29) is 36.7 Å². The van der Waals surface area contributed by atoms with Crippen molar-refractivity contribution < 1.29 is 9.84 Å². The summed E-state index contributed by atoms with van der Waals surface area (Å²) in [5.41, 5.74) is 2.15. The zero-order valence-corrected chi connectivity index (χ0v) is 22.2. The molecule has 1 aliphatic heterocycles. The maximum Gasteiger partial charge on any atom is 0.191 e. The Kier molecular flexibility index (Phi) is 11.9. The van der Waals surface area contributed by atoms with Gasteiger partial charge in [-0.2, -0.15) is 0 Å². The molecule has 33 heavy (non-hydrogen) atoms. The van der Waals surface area contributed by atoms with Crippen molar-refractivity contribution in [3.05, 3.63) is 59.8 Å². The topological polar surface area (TPSA) is 82.0 Å². The Hall–Kier alpha value is -1.91. The van der Waals surface area contributed by atoms with Crippen LogP contribution < -0.4 is 15.5 Å². The normalized spacial score (nSPS) is 16.6. The number of anilines is 1. The molecule has 1 aromatic carbocycles. The van der Waals surface area contributed by atoms with E-state index in [1.54, 1.807) is 0 Å². The Morgan fingerprint density at radius 1 is 1.18 bits per heavy atom. The highest BCUT2D eigenvalue weighted by molar-refractivity contribution is 14.0. The molecule has 3 rings (SSSR count). The van der Waals surface area contributed by atoms with Gasteiger partial charge in [-0.15, -0.1) is 24.0 Å². The standard InChI is InChI=1S/C25H37N5O2.HI/c1-4-26-25(27-17-23(31)18-32-20(3)21-10-6-5-7-11-21)29-22-13-15-30(16-14-22)24-12-8-9-19(2)28-24;/h5-12,20,22-23,31H,4,13-18H2,1-3H3,(H2,26,27,29);1H. The van der Waals surface area contributed by atoms with E-state index >= 15 is 0 Å². The van der Waals surface area contributed by atoms with Gasteiger partial charge in [0.25, 0.3) is 0 Å². The highest BCUT2D eigenvalue weighted by atomic mass is 127. The predicted octanol–water partition coefficient (Wildman–Crippen LogP) is 3.67. The molecule has 8 heteroatoms. The van der Waals surface area contributed by atoms with Gasteiger partial charge in [0.2, 0.25) is 0 Å². The summed E-state index contributed by atoms with van der Waals surface area (Å²) in [5.74, 6) is 1.80. The van der Waals surface area contributed by atoms with Gasteiger partial charge in [-0.3, -0.25) is 4.99 Å². The molecule has 7 nitrogen and oxygen atoms in total. The molecule has 0 radical (unpaired) electrons. The van der Waals surface area contributed by atoms with Crippen LogP contribution in [0.1, 0.15) is 44.1 Å². The molecular weight excluding hydrogens is 529 g/mol. The number of guanidine groups is 1. The zero-order valence-electron chi connectivity index (χ0n) is 19.9. The smallest absolute Gasteiger partial charge is 0.191 e. The third-order valence-corrected chi connectivity index (χ3v) is 5.65. The maximum absolute atomic E-state index is 10.3. The van der Waals surface area contributed by atoms with Gasteiger partial charge < -0.3 is 25.4 Å². The fraction of sp³-hybridized carbons (Fsp3) is 0.520.